The second-order valence-electron chi connectivity index (χ2n) is 5.46. The molecular formula is C20H22O4. The highest BCUT2D eigenvalue weighted by Crippen LogP contribution is 2.10. The smallest absolute Gasteiger partial charge is 0.333 e. The van der Waals surface area contributed by atoms with Crippen molar-refractivity contribution in [3.8, 4) is 5.75 Å². The first-order valence-corrected chi connectivity index (χ1v) is 7.89. The molecule has 24 heavy (non-hydrogen) atoms. The Bertz CT molecular complexity index is 650. The normalized spacial score (nSPS) is 12.5. The largest absolute Gasteiger partial charge is 0.491 e. The summed E-state index contributed by atoms with van der Waals surface area (Å²) in [5, 5.41) is 9.93. The standard InChI is InChI=1S/C20H22O4/c1-16(20(22)24-14-17-8-4-2-5-9-17)12-13-18(21)15-23-19-10-6-3-7-11-19/h2-12,18,21H,13-15H2,1H3. The number of rotatable bonds is 8. The maximum Gasteiger partial charge on any atom is 0.333 e. The average molecular weight is 326 g/mol. The zero-order chi connectivity index (χ0) is 17.2. The quantitative estimate of drug-likeness (QED) is 0.596. The van der Waals surface area contributed by atoms with Gasteiger partial charge < -0.3 is 14.6 Å². The minimum Gasteiger partial charge on any atom is -0.491 e. The van der Waals surface area contributed by atoms with Crippen molar-refractivity contribution < 1.29 is 19.4 Å². The molecule has 0 aromatic heterocycles. The van der Waals surface area contributed by atoms with Gasteiger partial charge in [0.1, 0.15) is 19.0 Å². The van der Waals surface area contributed by atoms with Crippen LogP contribution in [0.5, 0.6) is 5.75 Å². The van der Waals surface area contributed by atoms with Gasteiger partial charge in [0.2, 0.25) is 0 Å². The fourth-order valence-corrected chi connectivity index (χ4v) is 2.01. The van der Waals surface area contributed by atoms with Crippen molar-refractivity contribution in [2.75, 3.05) is 6.61 Å². The molecule has 0 saturated heterocycles. The van der Waals surface area contributed by atoms with Gasteiger partial charge in [-0.15, -0.1) is 0 Å². The van der Waals surface area contributed by atoms with Gasteiger partial charge in [0, 0.05) is 5.57 Å². The van der Waals surface area contributed by atoms with Crippen molar-refractivity contribution in [2.24, 2.45) is 0 Å². The van der Waals surface area contributed by atoms with E-state index in [9.17, 15) is 9.90 Å². The van der Waals surface area contributed by atoms with Gasteiger partial charge in [0.25, 0.3) is 0 Å². The van der Waals surface area contributed by atoms with Crippen molar-refractivity contribution in [1.29, 1.82) is 0 Å². The molecule has 126 valence electrons. The highest BCUT2D eigenvalue weighted by Gasteiger charge is 2.08. The Morgan fingerprint density at radius 2 is 1.71 bits per heavy atom. The summed E-state index contributed by atoms with van der Waals surface area (Å²) >= 11 is 0. The molecule has 0 bridgehead atoms. The molecule has 0 spiro atoms. The Balaban J connectivity index is 1.72. The van der Waals surface area contributed by atoms with Gasteiger partial charge >= 0.3 is 5.97 Å². The van der Waals surface area contributed by atoms with Crippen molar-refractivity contribution in [2.45, 2.75) is 26.1 Å². The van der Waals surface area contributed by atoms with Crippen LogP contribution in [0.3, 0.4) is 0 Å². The first-order chi connectivity index (χ1) is 11.6. The van der Waals surface area contributed by atoms with Crippen LogP contribution in [0.4, 0.5) is 0 Å². The number of esters is 1. The number of carbonyl (C=O) groups is 1. The van der Waals surface area contributed by atoms with Crippen LogP contribution in [0.1, 0.15) is 18.9 Å². The fraction of sp³-hybridized carbons (Fsp3) is 0.250. The molecule has 0 radical (unpaired) electrons. The number of para-hydroxylation sites is 1. The molecule has 1 unspecified atom stereocenters. The Hall–Kier alpha value is -2.59. The Labute approximate surface area is 142 Å². The summed E-state index contributed by atoms with van der Waals surface area (Å²) in [7, 11) is 0. The number of hydrogen-bond acceptors (Lipinski definition) is 4. The van der Waals surface area contributed by atoms with E-state index in [1.807, 2.05) is 60.7 Å². The number of hydrogen-bond donors (Lipinski definition) is 1. The monoisotopic (exact) mass is 326 g/mol. The van der Waals surface area contributed by atoms with Crippen LogP contribution in [0, 0.1) is 0 Å². The van der Waals surface area contributed by atoms with Crippen LogP contribution in [0.2, 0.25) is 0 Å². The summed E-state index contributed by atoms with van der Waals surface area (Å²) in [6.45, 7) is 2.09. The van der Waals surface area contributed by atoms with Gasteiger partial charge in [-0.2, -0.15) is 0 Å². The molecular weight excluding hydrogens is 304 g/mol. The predicted octanol–water partition coefficient (Wildman–Crippen LogP) is 3.51. The highest BCUT2D eigenvalue weighted by molar-refractivity contribution is 5.87. The van der Waals surface area contributed by atoms with Crippen LogP contribution in [0.15, 0.2) is 72.3 Å². The van der Waals surface area contributed by atoms with Gasteiger partial charge in [0.05, 0.1) is 6.10 Å². The molecule has 4 heteroatoms. The van der Waals surface area contributed by atoms with E-state index in [1.165, 1.54) is 0 Å². The first kappa shape index (κ1) is 17.8. The van der Waals surface area contributed by atoms with E-state index in [1.54, 1.807) is 13.0 Å². The second kappa shape index (κ2) is 9.53. The van der Waals surface area contributed by atoms with Crippen molar-refractivity contribution >= 4 is 5.97 Å². The topological polar surface area (TPSA) is 55.8 Å². The molecule has 0 heterocycles. The molecule has 0 aliphatic carbocycles. The lowest BCUT2D eigenvalue weighted by Crippen LogP contribution is -2.17. The molecule has 0 saturated carbocycles. The van der Waals surface area contributed by atoms with E-state index in [0.717, 1.165) is 5.56 Å². The summed E-state index contributed by atoms with van der Waals surface area (Å²) in [6.07, 6.45) is 1.33. The molecule has 2 aromatic carbocycles. The van der Waals surface area contributed by atoms with Crippen LogP contribution < -0.4 is 4.74 Å². The van der Waals surface area contributed by atoms with E-state index >= 15 is 0 Å². The Morgan fingerprint density at radius 3 is 2.38 bits per heavy atom. The van der Waals surface area contributed by atoms with E-state index in [-0.39, 0.29) is 19.2 Å². The van der Waals surface area contributed by atoms with E-state index < -0.39 is 6.10 Å². The third kappa shape index (κ3) is 6.26. The lowest BCUT2D eigenvalue weighted by atomic mass is 10.2. The predicted molar refractivity (Wildman–Crippen MR) is 92.6 cm³/mol. The van der Waals surface area contributed by atoms with Crippen LogP contribution in [0.25, 0.3) is 0 Å². The van der Waals surface area contributed by atoms with Gasteiger partial charge in [-0.05, 0) is 31.0 Å². The molecule has 0 amide bonds. The lowest BCUT2D eigenvalue weighted by molar-refractivity contribution is -0.140. The third-order valence-corrected chi connectivity index (χ3v) is 3.42. The first-order valence-electron chi connectivity index (χ1n) is 7.89. The summed E-state index contributed by atoms with van der Waals surface area (Å²) in [6, 6.07) is 18.8. The molecule has 2 rings (SSSR count). The van der Waals surface area contributed by atoms with E-state index in [0.29, 0.717) is 17.7 Å². The molecule has 0 aliphatic rings. The maximum atomic E-state index is 11.9. The lowest BCUT2D eigenvalue weighted by Gasteiger charge is -2.11. The molecule has 1 N–H and O–H groups in total. The number of ether oxygens (including phenoxy) is 2. The summed E-state index contributed by atoms with van der Waals surface area (Å²) in [5.74, 6) is 0.328. The van der Waals surface area contributed by atoms with Crippen LogP contribution in [-0.4, -0.2) is 23.8 Å². The third-order valence-electron chi connectivity index (χ3n) is 3.42. The molecule has 1 atom stereocenters. The molecule has 4 nitrogen and oxygen atoms in total. The number of aliphatic hydroxyl groups is 1. The number of carbonyl (C=O) groups excluding carboxylic acids is 1. The zero-order valence-electron chi connectivity index (χ0n) is 13.7. The van der Waals surface area contributed by atoms with Crippen molar-refractivity contribution in [3.63, 3.8) is 0 Å². The minimum atomic E-state index is -0.679. The number of benzene rings is 2. The summed E-state index contributed by atoms with van der Waals surface area (Å²) < 4.78 is 10.7. The SMILES string of the molecule is CC(=CCC(O)COc1ccccc1)C(=O)OCc1ccccc1. The minimum absolute atomic E-state index is 0.173. The summed E-state index contributed by atoms with van der Waals surface area (Å²) in [4.78, 5) is 11.9. The van der Waals surface area contributed by atoms with Crippen molar-refractivity contribution in [3.05, 3.63) is 77.9 Å². The van der Waals surface area contributed by atoms with Crippen molar-refractivity contribution in [1.82, 2.24) is 0 Å². The van der Waals surface area contributed by atoms with Gasteiger partial charge in [0.15, 0.2) is 0 Å². The van der Waals surface area contributed by atoms with Gasteiger partial charge in [-0.1, -0.05) is 54.6 Å². The highest BCUT2D eigenvalue weighted by atomic mass is 16.5. The van der Waals surface area contributed by atoms with E-state index in [2.05, 4.69) is 0 Å². The molecule has 0 fully saturated rings. The summed E-state index contributed by atoms with van der Waals surface area (Å²) in [5.41, 5.74) is 1.42. The second-order valence-corrected chi connectivity index (χ2v) is 5.46. The van der Waals surface area contributed by atoms with Crippen LogP contribution >= 0.6 is 0 Å². The Morgan fingerprint density at radius 1 is 1.08 bits per heavy atom. The van der Waals surface area contributed by atoms with E-state index in [4.69, 9.17) is 9.47 Å². The fourth-order valence-electron chi connectivity index (χ4n) is 2.01. The average Bonchev–Trinajstić information content (AvgIpc) is 2.64. The maximum absolute atomic E-state index is 11.9. The zero-order valence-corrected chi connectivity index (χ0v) is 13.7. The van der Waals surface area contributed by atoms with Gasteiger partial charge in [-0.25, -0.2) is 4.79 Å². The molecule has 2 aromatic rings. The molecule has 0 aliphatic heterocycles. The van der Waals surface area contributed by atoms with Crippen LogP contribution in [-0.2, 0) is 16.1 Å². The van der Waals surface area contributed by atoms with Gasteiger partial charge in [-0.3, -0.25) is 0 Å². The Kier molecular flexibility index (Phi) is 7.05. The number of aliphatic hydroxyl groups excluding tert-OH is 1.